The van der Waals surface area contributed by atoms with Crippen LogP contribution in [0.1, 0.15) is 11.3 Å². The van der Waals surface area contributed by atoms with Gasteiger partial charge in [0.1, 0.15) is 11.3 Å². The molecule has 0 amide bonds. The van der Waals surface area contributed by atoms with E-state index in [0.717, 1.165) is 28.0 Å². The lowest BCUT2D eigenvalue weighted by Gasteiger charge is -2.08. The van der Waals surface area contributed by atoms with Crippen LogP contribution in [0.25, 0.3) is 16.7 Å². The topological polar surface area (TPSA) is 99.6 Å². The van der Waals surface area contributed by atoms with Crippen LogP contribution in [0, 0.1) is 0 Å². The number of aromatic nitrogens is 5. The number of methoxy groups -OCH3 is 2. The van der Waals surface area contributed by atoms with Gasteiger partial charge in [-0.15, -0.1) is 5.10 Å². The molecule has 3 heterocycles. The second-order valence-corrected chi connectivity index (χ2v) is 6.03. The van der Waals surface area contributed by atoms with Crippen LogP contribution in [0.15, 0.2) is 54.1 Å². The molecule has 4 aromatic rings. The summed E-state index contributed by atoms with van der Waals surface area (Å²) < 4.78 is 14.2. The van der Waals surface area contributed by atoms with Gasteiger partial charge in [0.25, 0.3) is 0 Å². The lowest BCUT2D eigenvalue weighted by atomic mass is 10.2. The first-order chi connectivity index (χ1) is 13.7. The molecule has 0 unspecified atom stereocenters. The van der Waals surface area contributed by atoms with Gasteiger partial charge >= 0.3 is 0 Å². The summed E-state index contributed by atoms with van der Waals surface area (Å²) in [6, 6.07) is 9.30. The van der Waals surface area contributed by atoms with Gasteiger partial charge in [-0.05, 0) is 24.3 Å². The predicted octanol–water partition coefficient (Wildman–Crippen LogP) is 2.49. The fraction of sp³-hybridized carbons (Fsp3) is 0.158. The van der Waals surface area contributed by atoms with Crippen LogP contribution in [0.4, 0.5) is 0 Å². The quantitative estimate of drug-likeness (QED) is 0.314. The molecule has 0 saturated heterocycles. The van der Waals surface area contributed by atoms with Gasteiger partial charge in [0.05, 0.1) is 38.9 Å². The SMILES string of the molecule is COc1ccc(-n2cc(Cn3cc(/C=N/O)c4cccnc43)nn2)cc1OC. The second-order valence-electron chi connectivity index (χ2n) is 6.03. The molecule has 9 nitrogen and oxygen atoms in total. The molecule has 1 aromatic carbocycles. The Balaban J connectivity index is 1.65. The van der Waals surface area contributed by atoms with Crippen LogP contribution >= 0.6 is 0 Å². The summed E-state index contributed by atoms with van der Waals surface area (Å²) in [5, 5.41) is 21.4. The largest absolute Gasteiger partial charge is 0.493 e. The van der Waals surface area contributed by atoms with Crippen LogP contribution < -0.4 is 9.47 Å². The molecular weight excluding hydrogens is 360 g/mol. The Labute approximate surface area is 160 Å². The highest BCUT2D eigenvalue weighted by atomic mass is 16.5. The van der Waals surface area contributed by atoms with E-state index in [0.29, 0.717) is 18.0 Å². The molecule has 0 radical (unpaired) electrons. The van der Waals surface area contributed by atoms with Crippen molar-refractivity contribution in [1.29, 1.82) is 0 Å². The van der Waals surface area contributed by atoms with Crippen molar-refractivity contribution in [3.8, 4) is 17.2 Å². The van der Waals surface area contributed by atoms with Gasteiger partial charge in [-0.3, -0.25) is 0 Å². The summed E-state index contributed by atoms with van der Waals surface area (Å²) in [6.45, 7) is 0.472. The molecule has 0 spiro atoms. The van der Waals surface area contributed by atoms with Gasteiger partial charge < -0.3 is 19.2 Å². The molecule has 9 heteroatoms. The summed E-state index contributed by atoms with van der Waals surface area (Å²) >= 11 is 0. The zero-order chi connectivity index (χ0) is 19.5. The summed E-state index contributed by atoms with van der Waals surface area (Å²) in [7, 11) is 3.18. The normalized spacial score (nSPS) is 11.4. The standard InChI is InChI=1S/C19H18N6O3/c1-27-17-6-5-15(8-18(17)28-2)25-12-14(22-23-25)11-24-10-13(9-21-26)16-4-3-7-20-19(16)24/h3-10,12,26H,11H2,1-2H3/b21-9+. The fourth-order valence-electron chi connectivity index (χ4n) is 3.07. The molecule has 0 saturated carbocycles. The number of ether oxygens (including phenoxy) is 2. The molecule has 0 bridgehead atoms. The van der Waals surface area contributed by atoms with Crippen LogP contribution in [-0.2, 0) is 6.54 Å². The Morgan fingerprint density at radius 2 is 2.00 bits per heavy atom. The van der Waals surface area contributed by atoms with Crippen LogP contribution in [-0.4, -0.2) is 50.2 Å². The van der Waals surface area contributed by atoms with Crippen molar-refractivity contribution in [3.63, 3.8) is 0 Å². The van der Waals surface area contributed by atoms with Crippen molar-refractivity contribution < 1.29 is 14.7 Å². The van der Waals surface area contributed by atoms with E-state index in [2.05, 4.69) is 20.5 Å². The van der Waals surface area contributed by atoms with E-state index in [1.54, 1.807) is 25.1 Å². The monoisotopic (exact) mass is 378 g/mol. The number of oxime groups is 1. The molecule has 0 aliphatic carbocycles. The van der Waals surface area contributed by atoms with Gasteiger partial charge in [0.2, 0.25) is 0 Å². The molecule has 3 aromatic heterocycles. The number of benzene rings is 1. The Kier molecular flexibility index (Phi) is 4.63. The smallest absolute Gasteiger partial charge is 0.162 e. The average Bonchev–Trinajstić information content (AvgIpc) is 3.34. The predicted molar refractivity (Wildman–Crippen MR) is 103 cm³/mol. The lowest BCUT2D eigenvalue weighted by Crippen LogP contribution is -1.99. The summed E-state index contributed by atoms with van der Waals surface area (Å²) in [4.78, 5) is 4.42. The number of fused-ring (bicyclic) bond motifs is 1. The molecule has 28 heavy (non-hydrogen) atoms. The van der Waals surface area contributed by atoms with E-state index < -0.39 is 0 Å². The molecule has 1 N–H and O–H groups in total. The maximum absolute atomic E-state index is 8.88. The van der Waals surface area contributed by atoms with Gasteiger partial charge in [-0.25, -0.2) is 9.67 Å². The third kappa shape index (κ3) is 3.13. The van der Waals surface area contributed by atoms with Crippen LogP contribution in [0.3, 0.4) is 0 Å². The minimum absolute atomic E-state index is 0.472. The molecule has 0 aliphatic heterocycles. The van der Waals surface area contributed by atoms with Crippen molar-refractivity contribution in [3.05, 3.63) is 60.2 Å². The highest BCUT2D eigenvalue weighted by Gasteiger charge is 2.12. The average molecular weight is 378 g/mol. The maximum atomic E-state index is 8.88. The second kappa shape index (κ2) is 7.39. The first-order valence-electron chi connectivity index (χ1n) is 8.48. The number of hydrogen-bond acceptors (Lipinski definition) is 7. The zero-order valence-corrected chi connectivity index (χ0v) is 15.4. The number of hydrogen-bond donors (Lipinski definition) is 1. The van der Waals surface area contributed by atoms with E-state index in [-0.39, 0.29) is 0 Å². The van der Waals surface area contributed by atoms with Gasteiger partial charge in [0, 0.05) is 29.4 Å². The first-order valence-corrected chi connectivity index (χ1v) is 8.48. The van der Waals surface area contributed by atoms with E-state index >= 15 is 0 Å². The first kappa shape index (κ1) is 17.5. The third-order valence-corrected chi connectivity index (χ3v) is 4.37. The zero-order valence-electron chi connectivity index (χ0n) is 15.4. The molecule has 0 fully saturated rings. The Hall–Kier alpha value is -3.88. The third-order valence-electron chi connectivity index (χ3n) is 4.37. The number of rotatable bonds is 6. The van der Waals surface area contributed by atoms with Crippen molar-refractivity contribution in [1.82, 2.24) is 24.5 Å². The van der Waals surface area contributed by atoms with E-state index in [4.69, 9.17) is 14.7 Å². The van der Waals surface area contributed by atoms with Crippen molar-refractivity contribution >= 4 is 17.2 Å². The molecular formula is C19H18N6O3. The molecule has 142 valence electrons. The maximum Gasteiger partial charge on any atom is 0.162 e. The highest BCUT2D eigenvalue weighted by Crippen LogP contribution is 2.29. The van der Waals surface area contributed by atoms with E-state index in [9.17, 15) is 0 Å². The highest BCUT2D eigenvalue weighted by molar-refractivity contribution is 5.97. The lowest BCUT2D eigenvalue weighted by molar-refractivity contribution is 0.322. The van der Waals surface area contributed by atoms with E-state index in [1.807, 2.05) is 47.3 Å². The minimum atomic E-state index is 0.472. The van der Waals surface area contributed by atoms with Gasteiger partial charge in [0.15, 0.2) is 11.5 Å². The Bertz CT molecular complexity index is 1150. The fourth-order valence-corrected chi connectivity index (χ4v) is 3.07. The Morgan fingerprint density at radius 1 is 1.14 bits per heavy atom. The number of nitrogens with zero attached hydrogens (tertiary/aromatic N) is 6. The van der Waals surface area contributed by atoms with Crippen LogP contribution in [0.2, 0.25) is 0 Å². The van der Waals surface area contributed by atoms with Gasteiger partial charge in [-0.2, -0.15) is 0 Å². The van der Waals surface area contributed by atoms with Crippen molar-refractivity contribution in [2.24, 2.45) is 5.16 Å². The Morgan fingerprint density at radius 3 is 2.79 bits per heavy atom. The summed E-state index contributed by atoms with van der Waals surface area (Å²) in [5.41, 5.74) is 3.11. The van der Waals surface area contributed by atoms with Crippen molar-refractivity contribution in [2.45, 2.75) is 6.54 Å². The molecule has 0 atom stereocenters. The van der Waals surface area contributed by atoms with Crippen LogP contribution in [0.5, 0.6) is 11.5 Å². The van der Waals surface area contributed by atoms with E-state index in [1.165, 1.54) is 6.21 Å². The summed E-state index contributed by atoms with van der Waals surface area (Å²) in [5.74, 6) is 1.26. The number of pyridine rings is 1. The molecule has 0 aliphatic rings. The summed E-state index contributed by atoms with van der Waals surface area (Å²) in [6.07, 6.45) is 6.82. The minimum Gasteiger partial charge on any atom is -0.493 e. The van der Waals surface area contributed by atoms with Crippen molar-refractivity contribution in [2.75, 3.05) is 14.2 Å². The molecule has 4 rings (SSSR count). The van der Waals surface area contributed by atoms with Gasteiger partial charge in [-0.1, -0.05) is 10.4 Å².